The highest BCUT2D eigenvalue weighted by atomic mass is 32.1. The summed E-state index contributed by atoms with van der Waals surface area (Å²) in [4.78, 5) is 0.871. The zero-order valence-electron chi connectivity index (χ0n) is 10.2. The molecule has 92 valence electrons. The lowest BCUT2D eigenvalue weighted by atomic mass is 10.3. The molecule has 1 saturated carbocycles. The minimum absolute atomic E-state index is 0.560. The molecule has 3 heterocycles. The van der Waals surface area contributed by atoms with Crippen molar-refractivity contribution in [2.24, 2.45) is 7.05 Å². The van der Waals surface area contributed by atoms with E-state index in [0.717, 1.165) is 27.1 Å². The van der Waals surface area contributed by atoms with Crippen molar-refractivity contribution in [2.75, 3.05) is 0 Å². The van der Waals surface area contributed by atoms with E-state index in [2.05, 4.69) is 20.4 Å². The van der Waals surface area contributed by atoms with Crippen molar-refractivity contribution in [2.45, 2.75) is 25.7 Å². The van der Waals surface area contributed by atoms with E-state index in [1.54, 1.807) is 11.3 Å². The van der Waals surface area contributed by atoms with Crippen LogP contribution in [0.2, 0.25) is 0 Å². The Kier molecular flexibility index (Phi) is 1.91. The van der Waals surface area contributed by atoms with E-state index in [4.69, 9.17) is 0 Å². The Balaban J connectivity index is 1.88. The van der Waals surface area contributed by atoms with Crippen LogP contribution in [0.1, 0.15) is 30.3 Å². The normalized spacial score (nSPS) is 15.7. The molecule has 0 spiro atoms. The first-order chi connectivity index (χ1) is 8.72. The van der Waals surface area contributed by atoms with Crippen molar-refractivity contribution in [3.8, 4) is 10.6 Å². The summed E-state index contributed by atoms with van der Waals surface area (Å²) in [7, 11) is 1.92. The number of fused-ring (bicyclic) bond motifs is 1. The summed E-state index contributed by atoms with van der Waals surface area (Å²) >= 11 is 1.57. The predicted molar refractivity (Wildman–Crippen MR) is 67.6 cm³/mol. The van der Waals surface area contributed by atoms with E-state index >= 15 is 0 Å². The minimum atomic E-state index is 0.560. The SMILES string of the molecule is Cc1nn(C)cc1-c1nn2c(C3CC3)nnc2s1. The zero-order valence-corrected chi connectivity index (χ0v) is 11.0. The molecule has 1 fully saturated rings. The Morgan fingerprint density at radius 1 is 1.28 bits per heavy atom. The van der Waals surface area contributed by atoms with E-state index in [-0.39, 0.29) is 0 Å². The summed E-state index contributed by atoms with van der Waals surface area (Å²) in [5.74, 6) is 1.57. The lowest BCUT2D eigenvalue weighted by molar-refractivity contribution is 0.756. The highest BCUT2D eigenvalue weighted by Crippen LogP contribution is 2.39. The van der Waals surface area contributed by atoms with Gasteiger partial charge >= 0.3 is 0 Å². The molecule has 0 unspecified atom stereocenters. The van der Waals surface area contributed by atoms with Gasteiger partial charge in [-0.1, -0.05) is 11.3 Å². The number of rotatable bonds is 2. The third kappa shape index (κ3) is 1.40. The van der Waals surface area contributed by atoms with Crippen LogP contribution in [0.15, 0.2) is 6.20 Å². The molecule has 4 rings (SSSR count). The van der Waals surface area contributed by atoms with Crippen molar-refractivity contribution < 1.29 is 0 Å². The van der Waals surface area contributed by atoms with Crippen LogP contribution < -0.4 is 0 Å². The Labute approximate surface area is 107 Å². The van der Waals surface area contributed by atoms with Crippen LogP contribution in [0.4, 0.5) is 0 Å². The molecule has 18 heavy (non-hydrogen) atoms. The van der Waals surface area contributed by atoms with Crippen LogP contribution in [0.3, 0.4) is 0 Å². The number of hydrogen-bond acceptors (Lipinski definition) is 5. The molecule has 0 radical (unpaired) electrons. The molecule has 0 N–H and O–H groups in total. The number of aryl methyl sites for hydroxylation is 2. The Morgan fingerprint density at radius 3 is 2.78 bits per heavy atom. The second-order valence-electron chi connectivity index (χ2n) is 4.74. The van der Waals surface area contributed by atoms with Gasteiger partial charge < -0.3 is 0 Å². The monoisotopic (exact) mass is 260 g/mol. The van der Waals surface area contributed by atoms with Gasteiger partial charge in [0.05, 0.1) is 11.3 Å². The zero-order chi connectivity index (χ0) is 12.3. The molecular weight excluding hydrogens is 248 g/mol. The second kappa shape index (κ2) is 3.38. The first-order valence-corrected chi connectivity index (χ1v) is 6.77. The van der Waals surface area contributed by atoms with Crippen LogP contribution in [0.25, 0.3) is 15.5 Å². The van der Waals surface area contributed by atoms with E-state index < -0.39 is 0 Å². The molecule has 7 heteroatoms. The van der Waals surface area contributed by atoms with Crippen molar-refractivity contribution in [3.63, 3.8) is 0 Å². The topological polar surface area (TPSA) is 60.9 Å². The van der Waals surface area contributed by atoms with Crippen molar-refractivity contribution in [1.29, 1.82) is 0 Å². The molecule has 6 nitrogen and oxygen atoms in total. The first-order valence-electron chi connectivity index (χ1n) is 5.95. The lowest BCUT2D eigenvalue weighted by Crippen LogP contribution is -1.93. The van der Waals surface area contributed by atoms with E-state index in [1.807, 2.05) is 29.4 Å². The van der Waals surface area contributed by atoms with Crippen LogP contribution in [-0.2, 0) is 7.05 Å². The number of hydrogen-bond donors (Lipinski definition) is 0. The summed E-state index contributed by atoms with van der Waals surface area (Å²) in [6.45, 7) is 2.00. The van der Waals surface area contributed by atoms with Crippen molar-refractivity contribution >= 4 is 16.3 Å². The van der Waals surface area contributed by atoms with Gasteiger partial charge in [0.15, 0.2) is 10.8 Å². The molecular formula is C11H12N6S. The fourth-order valence-electron chi connectivity index (χ4n) is 2.15. The Bertz CT molecular complexity index is 732. The second-order valence-corrected chi connectivity index (χ2v) is 5.69. The third-order valence-electron chi connectivity index (χ3n) is 3.20. The molecule has 0 aliphatic heterocycles. The smallest absolute Gasteiger partial charge is 0.234 e. The average molecular weight is 260 g/mol. The quantitative estimate of drug-likeness (QED) is 0.704. The number of nitrogens with zero attached hydrogens (tertiary/aromatic N) is 6. The highest BCUT2D eigenvalue weighted by Gasteiger charge is 2.30. The van der Waals surface area contributed by atoms with Gasteiger partial charge in [0.1, 0.15) is 0 Å². The largest absolute Gasteiger partial charge is 0.275 e. The van der Waals surface area contributed by atoms with E-state index in [9.17, 15) is 0 Å². The summed E-state index contributed by atoms with van der Waals surface area (Å²) in [6.07, 6.45) is 4.41. The molecule has 0 bridgehead atoms. The van der Waals surface area contributed by atoms with Gasteiger partial charge in [0, 0.05) is 19.2 Å². The van der Waals surface area contributed by atoms with Gasteiger partial charge in [0.25, 0.3) is 0 Å². The van der Waals surface area contributed by atoms with Crippen LogP contribution in [-0.4, -0.2) is 29.6 Å². The standard InChI is InChI=1S/C11H12N6S/c1-6-8(5-16(2)14-6)10-15-17-9(7-3-4-7)12-13-11(17)18-10/h5,7H,3-4H2,1-2H3. The Hall–Kier alpha value is -1.76. The maximum Gasteiger partial charge on any atom is 0.234 e. The predicted octanol–water partition coefficient (Wildman–Crippen LogP) is 1.77. The van der Waals surface area contributed by atoms with Crippen LogP contribution in [0, 0.1) is 6.92 Å². The Morgan fingerprint density at radius 2 is 2.11 bits per heavy atom. The summed E-state index contributed by atoms with van der Waals surface area (Å²) in [6, 6.07) is 0. The van der Waals surface area contributed by atoms with E-state index in [0.29, 0.717) is 5.92 Å². The third-order valence-corrected chi connectivity index (χ3v) is 4.13. The maximum absolute atomic E-state index is 4.64. The van der Waals surface area contributed by atoms with Gasteiger partial charge in [-0.2, -0.15) is 14.7 Å². The van der Waals surface area contributed by atoms with Gasteiger partial charge in [0.2, 0.25) is 4.96 Å². The fraction of sp³-hybridized carbons (Fsp3) is 0.455. The highest BCUT2D eigenvalue weighted by molar-refractivity contribution is 7.19. The van der Waals surface area contributed by atoms with Crippen LogP contribution >= 0.6 is 11.3 Å². The van der Waals surface area contributed by atoms with Crippen LogP contribution in [0.5, 0.6) is 0 Å². The molecule has 0 atom stereocenters. The average Bonchev–Trinajstić information content (AvgIpc) is 2.81. The summed E-state index contributed by atoms with van der Waals surface area (Å²) < 4.78 is 3.71. The van der Waals surface area contributed by atoms with Gasteiger partial charge in [-0.25, -0.2) is 0 Å². The van der Waals surface area contributed by atoms with Gasteiger partial charge in [-0.15, -0.1) is 10.2 Å². The fourth-order valence-corrected chi connectivity index (χ4v) is 3.05. The van der Waals surface area contributed by atoms with E-state index in [1.165, 1.54) is 12.8 Å². The molecule has 0 amide bonds. The van der Waals surface area contributed by atoms with Gasteiger partial charge in [-0.05, 0) is 19.8 Å². The lowest BCUT2D eigenvalue weighted by Gasteiger charge is -1.91. The minimum Gasteiger partial charge on any atom is -0.275 e. The summed E-state index contributed by atoms with van der Waals surface area (Å²) in [5.41, 5.74) is 2.07. The van der Waals surface area contributed by atoms with Crippen molar-refractivity contribution in [3.05, 3.63) is 17.7 Å². The molecule has 3 aromatic heterocycles. The molecule has 0 saturated heterocycles. The summed E-state index contributed by atoms with van der Waals surface area (Å²) in [5, 5.41) is 18.4. The van der Waals surface area contributed by atoms with Gasteiger partial charge in [-0.3, -0.25) is 4.68 Å². The molecule has 1 aliphatic carbocycles. The molecule has 1 aliphatic rings. The molecule has 0 aromatic carbocycles. The molecule has 3 aromatic rings. The first kappa shape index (κ1) is 10.2. The van der Waals surface area contributed by atoms with Crippen molar-refractivity contribution in [1.82, 2.24) is 29.6 Å². The maximum atomic E-state index is 4.64. The number of aromatic nitrogens is 6.